The molecule has 0 radical (unpaired) electrons. The lowest BCUT2D eigenvalue weighted by atomic mass is 10.0. The number of amides is 1. The molecule has 1 amide bonds. The predicted octanol–water partition coefficient (Wildman–Crippen LogP) is 2.76. The summed E-state index contributed by atoms with van der Waals surface area (Å²) >= 11 is 6.07. The number of carbonyl (C=O) groups is 1. The first-order valence-corrected chi connectivity index (χ1v) is 10.5. The second-order valence-electron chi connectivity index (χ2n) is 7.57. The number of hydrazine groups is 1. The summed E-state index contributed by atoms with van der Waals surface area (Å²) in [6.45, 7) is 4.71. The molecular weight excluding hydrogens is 388 g/mol. The number of nitrogens with zero attached hydrogens (tertiary/aromatic N) is 1. The van der Waals surface area contributed by atoms with Crippen molar-refractivity contribution in [3.8, 4) is 0 Å². The SMILES string of the molecule is O=C(Nc1ccc(CCN2CCOCC2)cc1)C1CC(c2cccc(Cl)c2)NN1. The molecule has 2 aliphatic heterocycles. The Morgan fingerprint density at radius 3 is 2.69 bits per heavy atom. The number of morpholine rings is 1. The van der Waals surface area contributed by atoms with Crippen molar-refractivity contribution in [2.24, 2.45) is 0 Å². The van der Waals surface area contributed by atoms with Gasteiger partial charge in [-0.25, -0.2) is 10.9 Å². The van der Waals surface area contributed by atoms with Crippen LogP contribution in [0.3, 0.4) is 0 Å². The average Bonchev–Trinajstić information content (AvgIpc) is 3.25. The summed E-state index contributed by atoms with van der Waals surface area (Å²) in [6.07, 6.45) is 1.67. The number of halogens is 1. The second-order valence-corrected chi connectivity index (χ2v) is 8.01. The van der Waals surface area contributed by atoms with Gasteiger partial charge >= 0.3 is 0 Å². The van der Waals surface area contributed by atoms with Crippen LogP contribution in [-0.4, -0.2) is 49.7 Å². The summed E-state index contributed by atoms with van der Waals surface area (Å²) in [4.78, 5) is 15.0. The molecule has 6 nitrogen and oxygen atoms in total. The Hall–Kier alpha value is -1.96. The van der Waals surface area contributed by atoms with Crippen molar-refractivity contribution >= 4 is 23.2 Å². The van der Waals surface area contributed by atoms with Crippen LogP contribution < -0.4 is 16.2 Å². The fourth-order valence-corrected chi connectivity index (χ4v) is 3.96. The first kappa shape index (κ1) is 20.3. The highest BCUT2D eigenvalue weighted by Crippen LogP contribution is 2.25. The largest absolute Gasteiger partial charge is 0.379 e. The van der Waals surface area contributed by atoms with Gasteiger partial charge in [0.25, 0.3) is 0 Å². The zero-order chi connectivity index (χ0) is 20.1. The Morgan fingerprint density at radius 1 is 1.14 bits per heavy atom. The Balaban J connectivity index is 1.26. The molecule has 2 aromatic carbocycles. The molecular formula is C22H27ClN4O2. The molecule has 0 aliphatic carbocycles. The van der Waals surface area contributed by atoms with Crippen LogP contribution in [0.2, 0.25) is 5.02 Å². The molecule has 0 saturated carbocycles. The van der Waals surface area contributed by atoms with Crippen LogP contribution in [0.25, 0.3) is 0 Å². The van der Waals surface area contributed by atoms with E-state index in [2.05, 4.69) is 33.2 Å². The third-order valence-corrected chi connectivity index (χ3v) is 5.75. The topological polar surface area (TPSA) is 65.6 Å². The fraction of sp³-hybridized carbons (Fsp3) is 0.409. The number of ether oxygens (including phenoxy) is 1. The van der Waals surface area contributed by atoms with Crippen molar-refractivity contribution in [3.05, 3.63) is 64.7 Å². The molecule has 2 aliphatic rings. The van der Waals surface area contributed by atoms with Crippen LogP contribution >= 0.6 is 11.6 Å². The first-order valence-electron chi connectivity index (χ1n) is 10.1. The molecule has 0 spiro atoms. The van der Waals surface area contributed by atoms with Gasteiger partial charge in [0, 0.05) is 36.4 Å². The quantitative estimate of drug-likeness (QED) is 0.678. The Labute approximate surface area is 176 Å². The lowest BCUT2D eigenvalue weighted by molar-refractivity contribution is -0.117. The van der Waals surface area contributed by atoms with Gasteiger partial charge in [-0.1, -0.05) is 35.9 Å². The Bertz CT molecular complexity index is 824. The minimum Gasteiger partial charge on any atom is -0.379 e. The van der Waals surface area contributed by atoms with Crippen molar-refractivity contribution in [3.63, 3.8) is 0 Å². The molecule has 2 unspecified atom stereocenters. The molecule has 2 atom stereocenters. The van der Waals surface area contributed by atoms with Gasteiger partial charge in [-0.05, 0) is 48.2 Å². The number of hydrogen-bond acceptors (Lipinski definition) is 5. The Kier molecular flexibility index (Phi) is 6.79. The van der Waals surface area contributed by atoms with Crippen molar-refractivity contribution in [1.82, 2.24) is 15.8 Å². The van der Waals surface area contributed by atoms with E-state index in [0.29, 0.717) is 11.4 Å². The maximum absolute atomic E-state index is 12.6. The van der Waals surface area contributed by atoms with Crippen LogP contribution in [0, 0.1) is 0 Å². The van der Waals surface area contributed by atoms with Crippen LogP contribution in [-0.2, 0) is 16.0 Å². The average molecular weight is 415 g/mol. The highest BCUT2D eigenvalue weighted by Gasteiger charge is 2.30. The monoisotopic (exact) mass is 414 g/mol. The van der Waals surface area contributed by atoms with Crippen LogP contribution in [0.1, 0.15) is 23.6 Å². The van der Waals surface area contributed by atoms with Crippen LogP contribution in [0.5, 0.6) is 0 Å². The number of hydrogen-bond donors (Lipinski definition) is 3. The number of benzene rings is 2. The third kappa shape index (κ3) is 5.56. The van der Waals surface area contributed by atoms with E-state index in [1.807, 2.05) is 36.4 Å². The van der Waals surface area contributed by atoms with Crippen molar-refractivity contribution in [2.45, 2.75) is 24.9 Å². The number of rotatable bonds is 6. The van der Waals surface area contributed by atoms with Gasteiger partial charge < -0.3 is 10.1 Å². The van der Waals surface area contributed by atoms with Gasteiger partial charge in [-0.15, -0.1) is 0 Å². The molecule has 2 fully saturated rings. The smallest absolute Gasteiger partial charge is 0.242 e. The number of carbonyl (C=O) groups excluding carboxylic acids is 1. The van der Waals surface area contributed by atoms with E-state index in [4.69, 9.17) is 16.3 Å². The molecule has 2 saturated heterocycles. The van der Waals surface area contributed by atoms with Gasteiger partial charge in [-0.2, -0.15) is 0 Å². The van der Waals surface area contributed by atoms with Gasteiger partial charge in [0.15, 0.2) is 0 Å². The van der Waals surface area contributed by atoms with E-state index in [9.17, 15) is 4.79 Å². The van der Waals surface area contributed by atoms with Crippen molar-refractivity contribution in [2.75, 3.05) is 38.2 Å². The molecule has 0 bridgehead atoms. The summed E-state index contributed by atoms with van der Waals surface area (Å²) in [7, 11) is 0. The molecule has 29 heavy (non-hydrogen) atoms. The van der Waals surface area contributed by atoms with Crippen LogP contribution in [0.15, 0.2) is 48.5 Å². The lowest BCUT2D eigenvalue weighted by Gasteiger charge is -2.26. The third-order valence-electron chi connectivity index (χ3n) is 5.51. The van der Waals surface area contributed by atoms with E-state index < -0.39 is 0 Å². The minimum absolute atomic E-state index is 0.0388. The van der Waals surface area contributed by atoms with Crippen LogP contribution in [0.4, 0.5) is 5.69 Å². The molecule has 3 N–H and O–H groups in total. The highest BCUT2D eigenvalue weighted by atomic mass is 35.5. The second kappa shape index (κ2) is 9.69. The highest BCUT2D eigenvalue weighted by molar-refractivity contribution is 6.30. The number of anilines is 1. The summed E-state index contributed by atoms with van der Waals surface area (Å²) in [6, 6.07) is 15.6. The molecule has 0 aromatic heterocycles. The molecule has 2 aromatic rings. The fourth-order valence-electron chi connectivity index (χ4n) is 3.77. The summed E-state index contributed by atoms with van der Waals surface area (Å²) in [5.41, 5.74) is 9.45. The minimum atomic E-state index is -0.292. The van der Waals surface area contributed by atoms with Gasteiger partial charge in [0.1, 0.15) is 6.04 Å². The summed E-state index contributed by atoms with van der Waals surface area (Å²) < 4.78 is 5.39. The standard InChI is InChI=1S/C22H27ClN4O2/c23-18-3-1-2-17(14-18)20-15-21(26-25-20)22(28)24-19-6-4-16(5-7-19)8-9-27-10-12-29-13-11-27/h1-7,14,20-21,25-26H,8-13,15H2,(H,24,28). The van der Waals surface area contributed by atoms with E-state index in [1.54, 1.807) is 0 Å². The van der Waals surface area contributed by atoms with Gasteiger partial charge in [0.05, 0.1) is 13.2 Å². The molecule has 4 rings (SSSR count). The molecule has 2 heterocycles. The Morgan fingerprint density at radius 2 is 1.93 bits per heavy atom. The molecule has 7 heteroatoms. The zero-order valence-corrected chi connectivity index (χ0v) is 17.1. The van der Waals surface area contributed by atoms with Gasteiger partial charge in [-0.3, -0.25) is 9.69 Å². The zero-order valence-electron chi connectivity index (χ0n) is 16.4. The van der Waals surface area contributed by atoms with Gasteiger partial charge in [0.2, 0.25) is 5.91 Å². The maximum atomic E-state index is 12.6. The van der Waals surface area contributed by atoms with E-state index in [1.165, 1.54) is 5.56 Å². The van der Waals surface area contributed by atoms with E-state index >= 15 is 0 Å². The summed E-state index contributed by atoms with van der Waals surface area (Å²) in [5, 5.41) is 3.71. The molecule has 154 valence electrons. The first-order chi connectivity index (χ1) is 14.2. The van der Waals surface area contributed by atoms with Crippen molar-refractivity contribution in [1.29, 1.82) is 0 Å². The van der Waals surface area contributed by atoms with Crippen molar-refractivity contribution < 1.29 is 9.53 Å². The predicted molar refractivity (Wildman–Crippen MR) is 115 cm³/mol. The van der Waals surface area contributed by atoms with E-state index in [0.717, 1.165) is 50.5 Å². The number of nitrogens with one attached hydrogen (secondary N) is 3. The summed E-state index contributed by atoms with van der Waals surface area (Å²) in [5.74, 6) is -0.0388. The van der Waals surface area contributed by atoms with E-state index in [-0.39, 0.29) is 18.0 Å². The maximum Gasteiger partial charge on any atom is 0.242 e. The lowest BCUT2D eigenvalue weighted by Crippen LogP contribution is -2.39. The normalized spacial score (nSPS) is 22.5.